The summed E-state index contributed by atoms with van der Waals surface area (Å²) in [5.74, 6) is 0.672. The topological polar surface area (TPSA) is 67.8 Å². The molecule has 0 radical (unpaired) electrons. The number of hydrogen-bond acceptors (Lipinski definition) is 4. The van der Waals surface area contributed by atoms with Crippen LogP contribution in [0.1, 0.15) is 43.6 Å². The van der Waals surface area contributed by atoms with E-state index in [0.717, 1.165) is 5.56 Å². The summed E-state index contributed by atoms with van der Waals surface area (Å²) >= 11 is 6.11. The lowest BCUT2D eigenvalue weighted by Gasteiger charge is -2.22. The Morgan fingerprint density at radius 2 is 1.88 bits per heavy atom. The highest BCUT2D eigenvalue weighted by molar-refractivity contribution is 6.30. The van der Waals surface area contributed by atoms with Gasteiger partial charge < -0.3 is 14.6 Å². The number of hydrogen-bond donors (Lipinski definition) is 2. The number of carbonyl (C=O) groups excluding carboxylic acids is 1. The summed E-state index contributed by atoms with van der Waals surface area (Å²) in [6.45, 7) is 7.21. The number of halogens is 1. The molecule has 0 saturated carbocycles. The lowest BCUT2D eigenvalue weighted by atomic mass is 9.95. The van der Waals surface area contributed by atoms with Gasteiger partial charge in [-0.25, -0.2) is 4.79 Å². The van der Waals surface area contributed by atoms with Crippen molar-refractivity contribution in [2.24, 2.45) is 0 Å². The van der Waals surface area contributed by atoms with Gasteiger partial charge in [0.15, 0.2) is 0 Å². The van der Waals surface area contributed by atoms with Crippen molar-refractivity contribution >= 4 is 23.4 Å². The van der Waals surface area contributed by atoms with Gasteiger partial charge in [-0.05, 0) is 63.1 Å². The van der Waals surface area contributed by atoms with Gasteiger partial charge in [-0.1, -0.05) is 23.7 Å². The number of aliphatic hydroxyl groups excluding tert-OH is 1. The largest absolute Gasteiger partial charge is 0.496 e. The summed E-state index contributed by atoms with van der Waals surface area (Å²) in [7, 11) is 1.58. The predicted molar refractivity (Wildman–Crippen MR) is 103 cm³/mol. The molecule has 1 atom stereocenters. The number of carbonyl (C=O) groups is 1. The van der Waals surface area contributed by atoms with Crippen LogP contribution in [0.2, 0.25) is 5.02 Å². The zero-order valence-corrected chi connectivity index (χ0v) is 16.3. The maximum Gasteiger partial charge on any atom is 0.412 e. The summed E-state index contributed by atoms with van der Waals surface area (Å²) in [4.78, 5) is 12.1. The second-order valence-corrected chi connectivity index (χ2v) is 7.37. The third kappa shape index (κ3) is 4.90. The molecule has 0 bridgehead atoms. The van der Waals surface area contributed by atoms with E-state index < -0.39 is 17.8 Å². The quantitative estimate of drug-likeness (QED) is 0.779. The third-order valence-corrected chi connectivity index (χ3v) is 4.02. The van der Waals surface area contributed by atoms with Crippen LogP contribution in [-0.2, 0) is 4.74 Å². The first-order chi connectivity index (χ1) is 12.1. The first-order valence-electron chi connectivity index (χ1n) is 8.23. The Labute approximate surface area is 158 Å². The Morgan fingerprint density at radius 3 is 2.50 bits per heavy atom. The van der Waals surface area contributed by atoms with E-state index in [1.165, 1.54) is 0 Å². The van der Waals surface area contributed by atoms with Crippen LogP contribution >= 0.6 is 11.6 Å². The van der Waals surface area contributed by atoms with Crippen LogP contribution < -0.4 is 10.1 Å². The Balaban J connectivity index is 2.40. The fourth-order valence-corrected chi connectivity index (χ4v) is 2.78. The lowest BCUT2D eigenvalue weighted by Crippen LogP contribution is -2.27. The Bertz CT molecular complexity index is 799. The van der Waals surface area contributed by atoms with Crippen molar-refractivity contribution in [3.05, 3.63) is 58.1 Å². The van der Waals surface area contributed by atoms with Crippen molar-refractivity contribution in [1.29, 1.82) is 0 Å². The fourth-order valence-electron chi connectivity index (χ4n) is 2.60. The maximum absolute atomic E-state index is 12.1. The zero-order valence-electron chi connectivity index (χ0n) is 15.6. The number of nitrogens with one attached hydrogen (secondary N) is 1. The molecular formula is C20H24ClNO4. The molecule has 2 aromatic carbocycles. The van der Waals surface area contributed by atoms with Crippen molar-refractivity contribution in [1.82, 2.24) is 0 Å². The van der Waals surface area contributed by atoms with Crippen LogP contribution in [0.15, 0.2) is 36.4 Å². The summed E-state index contributed by atoms with van der Waals surface area (Å²) in [5.41, 5.74) is 1.75. The average Bonchev–Trinajstić information content (AvgIpc) is 2.54. The van der Waals surface area contributed by atoms with E-state index >= 15 is 0 Å². The number of amides is 1. The third-order valence-electron chi connectivity index (χ3n) is 3.78. The molecule has 0 aliphatic carbocycles. The van der Waals surface area contributed by atoms with Crippen LogP contribution in [0.5, 0.6) is 5.75 Å². The van der Waals surface area contributed by atoms with Crippen molar-refractivity contribution in [3.63, 3.8) is 0 Å². The summed E-state index contributed by atoms with van der Waals surface area (Å²) in [6.07, 6.45) is -1.59. The molecule has 26 heavy (non-hydrogen) atoms. The number of rotatable bonds is 4. The van der Waals surface area contributed by atoms with Crippen molar-refractivity contribution in [2.75, 3.05) is 12.4 Å². The fraction of sp³-hybridized carbons (Fsp3) is 0.350. The maximum atomic E-state index is 12.1. The van der Waals surface area contributed by atoms with E-state index in [9.17, 15) is 9.90 Å². The minimum atomic E-state index is -0.992. The zero-order chi connectivity index (χ0) is 19.5. The van der Waals surface area contributed by atoms with Gasteiger partial charge in [-0.3, -0.25) is 5.32 Å². The highest BCUT2D eigenvalue weighted by atomic mass is 35.5. The highest BCUT2D eigenvalue weighted by Crippen LogP contribution is 2.35. The number of benzene rings is 2. The Morgan fingerprint density at radius 1 is 1.19 bits per heavy atom. The van der Waals surface area contributed by atoms with Crippen molar-refractivity contribution < 1.29 is 19.4 Å². The summed E-state index contributed by atoms with van der Waals surface area (Å²) in [5, 5.41) is 14.1. The number of methoxy groups -OCH3 is 1. The monoisotopic (exact) mass is 377 g/mol. The molecule has 0 fully saturated rings. The van der Waals surface area contributed by atoms with Crippen molar-refractivity contribution in [3.8, 4) is 5.75 Å². The molecule has 0 heterocycles. The molecule has 1 unspecified atom stereocenters. The van der Waals surface area contributed by atoms with Crippen LogP contribution in [0.3, 0.4) is 0 Å². The standard InChI is InChI=1S/C20H24ClNO4/c1-12-14(7-6-8-17(12)25-5)18(23)15-11-13(21)9-10-16(15)22-19(24)26-20(2,3)4/h6-11,18,23H,1-5H3,(H,22,24). The first kappa shape index (κ1) is 20.1. The molecule has 2 rings (SSSR count). The van der Waals surface area contributed by atoms with E-state index in [4.69, 9.17) is 21.1 Å². The number of aliphatic hydroxyl groups is 1. The SMILES string of the molecule is COc1cccc(C(O)c2cc(Cl)ccc2NC(=O)OC(C)(C)C)c1C. The average molecular weight is 378 g/mol. The van der Waals surface area contributed by atoms with Crippen LogP contribution in [-0.4, -0.2) is 23.9 Å². The van der Waals surface area contributed by atoms with Gasteiger partial charge in [0, 0.05) is 10.6 Å². The van der Waals surface area contributed by atoms with E-state index in [1.807, 2.05) is 13.0 Å². The first-order valence-corrected chi connectivity index (χ1v) is 8.61. The molecule has 0 spiro atoms. The molecule has 1 amide bonds. The van der Waals surface area contributed by atoms with Gasteiger partial charge in [-0.2, -0.15) is 0 Å². The summed E-state index contributed by atoms with van der Waals surface area (Å²) in [6, 6.07) is 10.3. The molecule has 0 aliphatic heterocycles. The van der Waals surface area contributed by atoms with Gasteiger partial charge in [-0.15, -0.1) is 0 Å². The number of anilines is 1. The Hall–Kier alpha value is -2.24. The molecule has 2 aromatic rings. The molecular weight excluding hydrogens is 354 g/mol. The minimum absolute atomic E-state index is 0.429. The van der Waals surface area contributed by atoms with Crippen molar-refractivity contribution in [2.45, 2.75) is 39.4 Å². The second-order valence-electron chi connectivity index (χ2n) is 6.94. The van der Waals surface area contributed by atoms with Gasteiger partial charge in [0.25, 0.3) is 0 Å². The minimum Gasteiger partial charge on any atom is -0.496 e. The van der Waals surface area contributed by atoms with Gasteiger partial charge in [0.2, 0.25) is 0 Å². The van der Waals surface area contributed by atoms with Gasteiger partial charge in [0.05, 0.1) is 12.8 Å². The van der Waals surface area contributed by atoms with E-state index in [2.05, 4.69) is 5.32 Å². The molecule has 5 nitrogen and oxygen atoms in total. The molecule has 140 valence electrons. The molecule has 0 aliphatic rings. The molecule has 2 N–H and O–H groups in total. The summed E-state index contributed by atoms with van der Waals surface area (Å²) < 4.78 is 10.6. The second kappa shape index (κ2) is 7.98. The van der Waals surface area contributed by atoms with E-state index in [0.29, 0.717) is 27.6 Å². The molecule has 0 saturated heterocycles. The molecule has 0 aromatic heterocycles. The van der Waals surface area contributed by atoms with Crippen LogP contribution in [0.25, 0.3) is 0 Å². The smallest absolute Gasteiger partial charge is 0.412 e. The van der Waals surface area contributed by atoms with E-state index in [1.54, 1.807) is 58.2 Å². The highest BCUT2D eigenvalue weighted by Gasteiger charge is 2.22. The Kier molecular flexibility index (Phi) is 6.16. The number of ether oxygens (including phenoxy) is 2. The van der Waals surface area contributed by atoms with Gasteiger partial charge >= 0.3 is 6.09 Å². The van der Waals surface area contributed by atoms with Crippen LogP contribution in [0, 0.1) is 6.92 Å². The molecule has 6 heteroatoms. The lowest BCUT2D eigenvalue weighted by molar-refractivity contribution is 0.0635. The van der Waals surface area contributed by atoms with E-state index in [-0.39, 0.29) is 0 Å². The van der Waals surface area contributed by atoms with Crippen LogP contribution in [0.4, 0.5) is 10.5 Å². The predicted octanol–water partition coefficient (Wildman–Crippen LogP) is 5.09. The van der Waals surface area contributed by atoms with Gasteiger partial charge in [0.1, 0.15) is 17.5 Å². The normalized spacial score (nSPS) is 12.4.